The van der Waals surface area contributed by atoms with Crippen LogP contribution in [0.3, 0.4) is 0 Å². The number of aryl methyl sites for hydroxylation is 1. The van der Waals surface area contributed by atoms with E-state index >= 15 is 0 Å². The Bertz CT molecular complexity index is 1140. The third-order valence-corrected chi connectivity index (χ3v) is 7.48. The Labute approximate surface area is 216 Å². The van der Waals surface area contributed by atoms with Gasteiger partial charge in [-0.15, -0.1) is 0 Å². The Morgan fingerprint density at radius 3 is 2.00 bits per heavy atom. The predicted octanol–water partition coefficient (Wildman–Crippen LogP) is 4.39. The van der Waals surface area contributed by atoms with E-state index < -0.39 is 28.5 Å². The van der Waals surface area contributed by atoms with Crippen LogP contribution in [0.5, 0.6) is 0 Å². The van der Waals surface area contributed by atoms with Gasteiger partial charge >= 0.3 is 0 Å². The van der Waals surface area contributed by atoms with E-state index in [0.29, 0.717) is 5.69 Å². The van der Waals surface area contributed by atoms with Gasteiger partial charge in [0, 0.05) is 12.6 Å². The average molecular weight is 516 g/mol. The minimum Gasteiger partial charge on any atom is -0.352 e. The summed E-state index contributed by atoms with van der Waals surface area (Å²) in [6.07, 6.45) is 1.85. The van der Waals surface area contributed by atoms with Crippen molar-refractivity contribution in [2.75, 3.05) is 17.1 Å². The van der Waals surface area contributed by atoms with Crippen LogP contribution in [0, 0.1) is 6.92 Å². The lowest BCUT2D eigenvalue weighted by atomic mass is 9.87. The largest absolute Gasteiger partial charge is 0.352 e. The summed E-state index contributed by atoms with van der Waals surface area (Å²) in [6.45, 7) is 13.5. The maximum Gasteiger partial charge on any atom is 0.244 e. The average Bonchev–Trinajstić information content (AvgIpc) is 2.80. The third-order valence-electron chi connectivity index (χ3n) is 6.34. The van der Waals surface area contributed by atoms with E-state index in [-0.39, 0.29) is 23.9 Å². The summed E-state index contributed by atoms with van der Waals surface area (Å²) in [4.78, 5) is 28.0. The molecule has 0 saturated heterocycles. The van der Waals surface area contributed by atoms with E-state index in [1.165, 1.54) is 4.90 Å². The molecule has 8 heteroatoms. The van der Waals surface area contributed by atoms with Crippen molar-refractivity contribution in [3.63, 3.8) is 0 Å². The fraction of sp³-hybridized carbons (Fsp3) is 0.500. The van der Waals surface area contributed by atoms with Gasteiger partial charge in [0.05, 0.1) is 11.9 Å². The first-order valence-corrected chi connectivity index (χ1v) is 14.2. The fourth-order valence-electron chi connectivity index (χ4n) is 3.68. The minimum atomic E-state index is -3.76. The molecule has 0 bridgehead atoms. The number of sulfonamides is 1. The molecule has 36 heavy (non-hydrogen) atoms. The number of nitrogens with one attached hydrogen (secondary N) is 1. The molecule has 0 radical (unpaired) electrons. The minimum absolute atomic E-state index is 0.0369. The van der Waals surface area contributed by atoms with E-state index in [1.54, 1.807) is 19.1 Å². The number of benzene rings is 2. The maximum atomic E-state index is 13.6. The number of rotatable bonds is 10. The zero-order valence-corrected chi connectivity index (χ0v) is 23.6. The number of carbonyl (C=O) groups excluding carboxylic acids is 2. The maximum absolute atomic E-state index is 13.6. The van der Waals surface area contributed by atoms with Gasteiger partial charge in [0.2, 0.25) is 21.8 Å². The zero-order valence-electron chi connectivity index (χ0n) is 22.8. The highest BCUT2D eigenvalue weighted by Crippen LogP contribution is 2.26. The topological polar surface area (TPSA) is 86.8 Å². The molecule has 7 nitrogen and oxygen atoms in total. The molecular formula is C28H41N3O4S. The van der Waals surface area contributed by atoms with Crippen LogP contribution in [0.4, 0.5) is 5.69 Å². The highest BCUT2D eigenvalue weighted by Gasteiger charge is 2.30. The van der Waals surface area contributed by atoms with Gasteiger partial charge in [-0.2, -0.15) is 0 Å². The van der Waals surface area contributed by atoms with Gasteiger partial charge < -0.3 is 10.2 Å². The smallest absolute Gasteiger partial charge is 0.244 e. The molecule has 0 aliphatic heterocycles. The molecule has 0 saturated carbocycles. The number of carbonyl (C=O) groups is 2. The summed E-state index contributed by atoms with van der Waals surface area (Å²) >= 11 is 0. The van der Waals surface area contributed by atoms with Crippen molar-refractivity contribution >= 4 is 27.5 Å². The van der Waals surface area contributed by atoms with Gasteiger partial charge in [0.1, 0.15) is 12.6 Å². The third kappa shape index (κ3) is 8.08. The summed E-state index contributed by atoms with van der Waals surface area (Å²) in [5.41, 5.74) is 3.32. The Morgan fingerprint density at radius 2 is 1.53 bits per heavy atom. The second kappa shape index (κ2) is 11.9. The Balaban J connectivity index is 2.39. The Morgan fingerprint density at radius 1 is 0.972 bits per heavy atom. The standard InChI is InChI=1S/C28H41N3O4S/c1-9-21(3)29-27(33)22(4)30(18-23-12-10-20(2)11-13-23)26(32)19-31(36(8,34)35)25-16-14-24(15-17-25)28(5,6)7/h10-17,21-22H,9,18-19H2,1-8H3,(H,29,33)/t21-,22+/m0/s1. The number of amides is 2. The zero-order chi connectivity index (χ0) is 27.3. The Kier molecular flexibility index (Phi) is 9.71. The highest BCUT2D eigenvalue weighted by molar-refractivity contribution is 7.92. The molecule has 0 aliphatic carbocycles. The molecule has 0 aromatic heterocycles. The van der Waals surface area contributed by atoms with Crippen LogP contribution in [0.2, 0.25) is 0 Å². The summed E-state index contributed by atoms with van der Waals surface area (Å²) in [6, 6.07) is 14.1. The van der Waals surface area contributed by atoms with Crippen LogP contribution in [-0.4, -0.2) is 50.0 Å². The lowest BCUT2D eigenvalue weighted by Crippen LogP contribution is -2.52. The second-order valence-electron chi connectivity index (χ2n) is 10.6. The van der Waals surface area contributed by atoms with E-state index in [0.717, 1.165) is 33.7 Å². The van der Waals surface area contributed by atoms with Crippen molar-refractivity contribution in [3.8, 4) is 0 Å². The first-order chi connectivity index (χ1) is 16.6. The second-order valence-corrected chi connectivity index (χ2v) is 12.5. The van der Waals surface area contributed by atoms with Crippen LogP contribution in [0.25, 0.3) is 0 Å². The summed E-state index contributed by atoms with van der Waals surface area (Å²) < 4.78 is 26.6. The molecule has 0 fully saturated rings. The first-order valence-electron chi connectivity index (χ1n) is 12.4. The first kappa shape index (κ1) is 29.4. The van der Waals surface area contributed by atoms with Crippen molar-refractivity contribution in [3.05, 3.63) is 65.2 Å². The quantitative estimate of drug-likeness (QED) is 0.508. The molecule has 2 rings (SSSR count). The van der Waals surface area contributed by atoms with Crippen LogP contribution in [0.1, 0.15) is 64.7 Å². The van der Waals surface area contributed by atoms with E-state index in [2.05, 4.69) is 26.1 Å². The summed E-state index contributed by atoms with van der Waals surface area (Å²) in [5, 5.41) is 2.93. The summed E-state index contributed by atoms with van der Waals surface area (Å²) in [7, 11) is -3.76. The molecule has 0 aliphatic rings. The van der Waals surface area contributed by atoms with Crippen molar-refractivity contribution < 1.29 is 18.0 Å². The molecule has 2 atom stereocenters. The molecule has 2 amide bonds. The van der Waals surface area contributed by atoms with Crippen molar-refractivity contribution in [1.29, 1.82) is 0 Å². The van der Waals surface area contributed by atoms with Crippen molar-refractivity contribution in [2.45, 2.75) is 78.9 Å². The molecule has 0 spiro atoms. The van der Waals surface area contributed by atoms with Crippen LogP contribution < -0.4 is 9.62 Å². The van der Waals surface area contributed by atoms with Crippen molar-refractivity contribution in [1.82, 2.24) is 10.2 Å². The highest BCUT2D eigenvalue weighted by atomic mass is 32.2. The number of anilines is 1. The molecular weight excluding hydrogens is 474 g/mol. The van der Waals surface area contributed by atoms with Gasteiger partial charge in [-0.1, -0.05) is 69.7 Å². The van der Waals surface area contributed by atoms with E-state index in [4.69, 9.17) is 0 Å². The van der Waals surface area contributed by atoms with Gasteiger partial charge in [-0.3, -0.25) is 13.9 Å². The molecule has 2 aromatic rings. The normalized spacial score (nSPS) is 13.6. The van der Waals surface area contributed by atoms with Crippen LogP contribution in [0.15, 0.2) is 48.5 Å². The molecule has 2 aromatic carbocycles. The molecule has 0 heterocycles. The van der Waals surface area contributed by atoms with Crippen LogP contribution >= 0.6 is 0 Å². The number of hydrogen-bond donors (Lipinski definition) is 1. The monoisotopic (exact) mass is 515 g/mol. The predicted molar refractivity (Wildman–Crippen MR) is 146 cm³/mol. The fourth-order valence-corrected chi connectivity index (χ4v) is 4.53. The lowest BCUT2D eigenvalue weighted by molar-refractivity contribution is -0.139. The molecule has 198 valence electrons. The van der Waals surface area contributed by atoms with E-state index in [1.807, 2.05) is 57.2 Å². The van der Waals surface area contributed by atoms with Gasteiger partial charge in [-0.25, -0.2) is 8.42 Å². The van der Waals surface area contributed by atoms with Gasteiger partial charge in [0.25, 0.3) is 0 Å². The van der Waals surface area contributed by atoms with Gasteiger partial charge in [-0.05, 0) is 55.9 Å². The van der Waals surface area contributed by atoms with Crippen molar-refractivity contribution in [2.24, 2.45) is 0 Å². The molecule has 1 N–H and O–H groups in total. The van der Waals surface area contributed by atoms with Gasteiger partial charge in [0.15, 0.2) is 0 Å². The Hall–Kier alpha value is -2.87. The van der Waals surface area contributed by atoms with Crippen LogP contribution in [-0.2, 0) is 31.6 Å². The summed E-state index contributed by atoms with van der Waals surface area (Å²) in [5.74, 6) is -0.724. The number of nitrogens with zero attached hydrogens (tertiary/aromatic N) is 2. The SMILES string of the molecule is CC[C@H](C)NC(=O)[C@@H](C)N(Cc1ccc(C)cc1)C(=O)CN(c1ccc(C(C)(C)C)cc1)S(C)(=O)=O. The molecule has 0 unspecified atom stereocenters. The lowest BCUT2D eigenvalue weighted by Gasteiger charge is -2.32. The van der Waals surface area contributed by atoms with E-state index in [9.17, 15) is 18.0 Å². The number of hydrogen-bond acceptors (Lipinski definition) is 4.